The normalized spacial score (nSPS) is 19.0. The van der Waals surface area contributed by atoms with Crippen LogP contribution in [0.15, 0.2) is 18.2 Å². The van der Waals surface area contributed by atoms with E-state index in [2.05, 4.69) is 5.32 Å². The van der Waals surface area contributed by atoms with Gasteiger partial charge in [0.25, 0.3) is 5.92 Å². The van der Waals surface area contributed by atoms with Gasteiger partial charge in [-0.2, -0.15) is 0 Å². The lowest BCUT2D eigenvalue weighted by molar-refractivity contribution is 0.0130. The summed E-state index contributed by atoms with van der Waals surface area (Å²) in [6.45, 7) is -0.290. The molecule has 0 radical (unpaired) electrons. The third-order valence-corrected chi connectivity index (χ3v) is 2.29. The first-order valence-corrected chi connectivity index (χ1v) is 4.35. The summed E-state index contributed by atoms with van der Waals surface area (Å²) in [5.74, 6) is -2.66. The molecule has 1 heterocycles. The van der Waals surface area contributed by atoms with Gasteiger partial charge in [-0.15, -0.1) is 0 Å². The van der Waals surface area contributed by atoms with Gasteiger partial charge in [0.15, 0.2) is 0 Å². The van der Waals surface area contributed by atoms with Crippen LogP contribution >= 0.6 is 11.6 Å². The van der Waals surface area contributed by atoms with E-state index in [1.807, 2.05) is 0 Å². The lowest BCUT2D eigenvalue weighted by Crippen LogP contribution is -2.34. The summed E-state index contributed by atoms with van der Waals surface area (Å²) in [6.07, 6.45) is -0.226. The summed E-state index contributed by atoms with van der Waals surface area (Å²) >= 11 is 5.70. The summed E-state index contributed by atoms with van der Waals surface area (Å²) in [5, 5.41) is 3.17. The SMILES string of the molecule is FC1(F)CNc2ccc(Cl)cc2C1. The standard InChI is InChI=1S/C9H8ClF2N/c10-7-1-2-8-6(3-7)4-9(11,12)5-13-8/h1-3,13H,4-5H2. The van der Waals surface area contributed by atoms with Crippen LogP contribution in [0.4, 0.5) is 14.5 Å². The number of hydrogen-bond donors (Lipinski definition) is 1. The minimum Gasteiger partial charge on any atom is -0.379 e. The van der Waals surface area contributed by atoms with Gasteiger partial charge in [-0.1, -0.05) is 11.6 Å². The van der Waals surface area contributed by atoms with Gasteiger partial charge in [-0.3, -0.25) is 0 Å². The lowest BCUT2D eigenvalue weighted by atomic mass is 10.0. The van der Waals surface area contributed by atoms with Crippen molar-refractivity contribution < 1.29 is 8.78 Å². The molecule has 13 heavy (non-hydrogen) atoms. The first kappa shape index (κ1) is 8.75. The Morgan fingerprint density at radius 1 is 1.38 bits per heavy atom. The third-order valence-electron chi connectivity index (χ3n) is 2.05. The van der Waals surface area contributed by atoms with E-state index in [0.717, 1.165) is 5.69 Å². The first-order chi connectivity index (χ1) is 6.07. The molecule has 1 aliphatic rings. The van der Waals surface area contributed by atoms with Crippen LogP contribution in [0.2, 0.25) is 5.02 Å². The summed E-state index contributed by atoms with van der Waals surface area (Å²) in [4.78, 5) is 0. The average molecular weight is 204 g/mol. The van der Waals surface area contributed by atoms with E-state index in [9.17, 15) is 8.78 Å². The van der Waals surface area contributed by atoms with E-state index in [4.69, 9.17) is 11.6 Å². The maximum Gasteiger partial charge on any atom is 0.269 e. The number of halogens is 3. The molecular weight excluding hydrogens is 196 g/mol. The molecule has 2 rings (SSSR count). The van der Waals surface area contributed by atoms with Gasteiger partial charge in [0.2, 0.25) is 0 Å². The monoisotopic (exact) mass is 203 g/mol. The molecule has 0 bridgehead atoms. The molecule has 70 valence electrons. The minimum atomic E-state index is -2.66. The molecule has 0 aromatic heterocycles. The molecule has 1 nitrogen and oxygen atoms in total. The van der Waals surface area contributed by atoms with Crippen molar-refractivity contribution in [2.75, 3.05) is 11.9 Å². The summed E-state index contributed by atoms with van der Waals surface area (Å²) in [7, 11) is 0. The van der Waals surface area contributed by atoms with E-state index < -0.39 is 5.92 Å². The molecule has 0 saturated carbocycles. The van der Waals surface area contributed by atoms with E-state index in [-0.39, 0.29) is 13.0 Å². The average Bonchev–Trinajstić information content (AvgIpc) is 2.01. The number of fused-ring (bicyclic) bond motifs is 1. The van der Waals surface area contributed by atoms with Gasteiger partial charge in [-0.25, -0.2) is 8.78 Å². The second-order valence-corrected chi connectivity index (χ2v) is 3.62. The molecule has 0 amide bonds. The van der Waals surface area contributed by atoms with Crippen LogP contribution in [0.5, 0.6) is 0 Å². The van der Waals surface area contributed by atoms with Gasteiger partial charge in [0.05, 0.1) is 6.54 Å². The smallest absolute Gasteiger partial charge is 0.269 e. The third kappa shape index (κ3) is 1.75. The molecule has 1 aliphatic heterocycles. The van der Waals surface area contributed by atoms with Crippen molar-refractivity contribution in [1.82, 2.24) is 0 Å². The largest absolute Gasteiger partial charge is 0.379 e. The van der Waals surface area contributed by atoms with E-state index in [1.165, 1.54) is 0 Å². The highest BCUT2D eigenvalue weighted by molar-refractivity contribution is 6.30. The van der Waals surface area contributed by atoms with Crippen molar-refractivity contribution in [3.8, 4) is 0 Å². The van der Waals surface area contributed by atoms with Gasteiger partial charge >= 0.3 is 0 Å². The zero-order valence-electron chi connectivity index (χ0n) is 6.78. The Hall–Kier alpha value is -0.830. The molecule has 1 aromatic carbocycles. The summed E-state index contributed by atoms with van der Waals surface area (Å²) in [6, 6.07) is 5.00. The Kier molecular flexibility index (Phi) is 1.91. The van der Waals surface area contributed by atoms with Crippen molar-refractivity contribution in [3.05, 3.63) is 28.8 Å². The van der Waals surface area contributed by atoms with Crippen LogP contribution in [0, 0.1) is 0 Å². The van der Waals surface area contributed by atoms with Crippen LogP contribution in [-0.2, 0) is 6.42 Å². The highest BCUT2D eigenvalue weighted by Gasteiger charge is 2.33. The number of hydrogen-bond acceptors (Lipinski definition) is 1. The molecule has 0 fully saturated rings. The van der Waals surface area contributed by atoms with Gasteiger partial charge in [-0.05, 0) is 23.8 Å². The second kappa shape index (κ2) is 2.84. The maximum atomic E-state index is 12.9. The van der Waals surface area contributed by atoms with Crippen LogP contribution < -0.4 is 5.32 Å². The molecular formula is C9H8ClF2N. The summed E-state index contributed by atoms with van der Waals surface area (Å²) < 4.78 is 25.8. The van der Waals surface area contributed by atoms with Crippen molar-refractivity contribution in [2.24, 2.45) is 0 Å². The molecule has 0 atom stereocenters. The van der Waals surface area contributed by atoms with E-state index >= 15 is 0 Å². The van der Waals surface area contributed by atoms with Gasteiger partial charge in [0, 0.05) is 17.1 Å². The van der Waals surface area contributed by atoms with Crippen LogP contribution in [0.1, 0.15) is 5.56 Å². The molecule has 4 heteroatoms. The topological polar surface area (TPSA) is 12.0 Å². The zero-order chi connectivity index (χ0) is 9.47. The Morgan fingerprint density at radius 2 is 2.15 bits per heavy atom. The second-order valence-electron chi connectivity index (χ2n) is 3.19. The molecule has 1 N–H and O–H groups in total. The maximum absolute atomic E-state index is 12.9. The van der Waals surface area contributed by atoms with Crippen molar-refractivity contribution in [1.29, 1.82) is 0 Å². The van der Waals surface area contributed by atoms with Gasteiger partial charge < -0.3 is 5.32 Å². The van der Waals surface area contributed by atoms with Gasteiger partial charge in [0.1, 0.15) is 0 Å². The highest BCUT2D eigenvalue weighted by Crippen LogP contribution is 2.32. The fourth-order valence-corrected chi connectivity index (χ4v) is 1.64. The molecule has 1 aromatic rings. The first-order valence-electron chi connectivity index (χ1n) is 3.97. The summed E-state index contributed by atoms with van der Waals surface area (Å²) in [5.41, 5.74) is 1.35. The molecule has 0 aliphatic carbocycles. The molecule has 0 saturated heterocycles. The number of anilines is 1. The number of alkyl halides is 2. The van der Waals surface area contributed by atoms with Crippen LogP contribution in [0.25, 0.3) is 0 Å². The Morgan fingerprint density at radius 3 is 2.92 bits per heavy atom. The van der Waals surface area contributed by atoms with Crippen LogP contribution in [0.3, 0.4) is 0 Å². The van der Waals surface area contributed by atoms with Crippen molar-refractivity contribution >= 4 is 17.3 Å². The molecule has 0 unspecified atom stereocenters. The Bertz CT molecular complexity index is 338. The van der Waals surface area contributed by atoms with Crippen molar-refractivity contribution in [3.63, 3.8) is 0 Å². The Labute approximate surface area is 79.7 Å². The van der Waals surface area contributed by atoms with E-state index in [0.29, 0.717) is 10.6 Å². The lowest BCUT2D eigenvalue weighted by Gasteiger charge is -2.25. The Balaban J connectivity index is 2.38. The number of nitrogens with one attached hydrogen (secondary N) is 1. The zero-order valence-corrected chi connectivity index (χ0v) is 7.54. The predicted octanol–water partition coefficient (Wildman–Crippen LogP) is 2.94. The number of benzene rings is 1. The van der Waals surface area contributed by atoms with Crippen molar-refractivity contribution in [2.45, 2.75) is 12.3 Å². The van der Waals surface area contributed by atoms with Crippen LogP contribution in [-0.4, -0.2) is 12.5 Å². The predicted molar refractivity (Wildman–Crippen MR) is 48.6 cm³/mol. The van der Waals surface area contributed by atoms with E-state index in [1.54, 1.807) is 18.2 Å². The minimum absolute atomic E-state index is 0.226. The molecule has 0 spiro atoms. The number of rotatable bonds is 0. The quantitative estimate of drug-likeness (QED) is 0.684. The fourth-order valence-electron chi connectivity index (χ4n) is 1.45. The fraction of sp³-hybridized carbons (Fsp3) is 0.333. The highest BCUT2D eigenvalue weighted by atomic mass is 35.5.